The average Bonchev–Trinajstić information content (AvgIpc) is 2.79. The monoisotopic (exact) mass is 321 g/mol. The number of rotatable bonds is 6. The third kappa shape index (κ3) is 5.16. The molecule has 0 aliphatic heterocycles. The van der Waals surface area contributed by atoms with Gasteiger partial charge in [-0.05, 0) is 37.1 Å². The first kappa shape index (κ1) is 17.1. The lowest BCUT2D eigenvalue weighted by Gasteiger charge is -2.22. The smallest absolute Gasteiger partial charge is 0.308 e. The maximum absolute atomic E-state index is 12.0. The number of amides is 1. The van der Waals surface area contributed by atoms with Gasteiger partial charge in [0.1, 0.15) is 11.5 Å². The van der Waals surface area contributed by atoms with Gasteiger partial charge >= 0.3 is 5.97 Å². The van der Waals surface area contributed by atoms with Gasteiger partial charge in [0.25, 0.3) is 5.91 Å². The van der Waals surface area contributed by atoms with Crippen LogP contribution < -0.4 is 14.8 Å². The molecule has 6 nitrogen and oxygen atoms in total. The highest BCUT2D eigenvalue weighted by Gasteiger charge is 2.30. The van der Waals surface area contributed by atoms with Crippen molar-refractivity contribution in [2.45, 2.75) is 38.1 Å². The molecule has 1 aliphatic carbocycles. The molecule has 2 rings (SSSR count). The first-order chi connectivity index (χ1) is 11.1. The Balaban J connectivity index is 1.85. The predicted octanol–water partition coefficient (Wildman–Crippen LogP) is 2.22. The van der Waals surface area contributed by atoms with Crippen LogP contribution in [-0.2, 0) is 9.59 Å². The number of hydrogen-bond donors (Lipinski definition) is 2. The zero-order chi connectivity index (χ0) is 16.7. The van der Waals surface area contributed by atoms with Crippen LogP contribution in [0.2, 0.25) is 0 Å². The van der Waals surface area contributed by atoms with Crippen molar-refractivity contribution in [3.8, 4) is 11.5 Å². The molecule has 126 valence electrons. The first-order valence-corrected chi connectivity index (χ1v) is 7.89. The molecule has 1 aromatic carbocycles. The lowest BCUT2D eigenvalue weighted by atomic mass is 9.95. The van der Waals surface area contributed by atoms with E-state index in [2.05, 4.69) is 5.32 Å². The maximum atomic E-state index is 12.0. The van der Waals surface area contributed by atoms with Gasteiger partial charge in [-0.15, -0.1) is 0 Å². The van der Waals surface area contributed by atoms with Crippen LogP contribution in [0.25, 0.3) is 0 Å². The van der Waals surface area contributed by atoms with Gasteiger partial charge in [0.2, 0.25) is 0 Å². The number of methoxy groups -OCH3 is 1. The minimum atomic E-state index is -0.840. The van der Waals surface area contributed by atoms with E-state index in [-0.39, 0.29) is 18.6 Å². The van der Waals surface area contributed by atoms with Crippen molar-refractivity contribution in [3.63, 3.8) is 0 Å². The minimum absolute atomic E-state index is 0.130. The molecule has 0 bridgehead atoms. The van der Waals surface area contributed by atoms with Crippen molar-refractivity contribution in [1.82, 2.24) is 5.32 Å². The summed E-state index contributed by atoms with van der Waals surface area (Å²) in [5, 5.41) is 12.1. The van der Waals surface area contributed by atoms with E-state index in [4.69, 9.17) is 9.47 Å². The van der Waals surface area contributed by atoms with Gasteiger partial charge in [-0.2, -0.15) is 0 Å². The normalized spacial score (nSPS) is 21.1. The van der Waals surface area contributed by atoms with Crippen LogP contribution in [-0.4, -0.2) is 36.7 Å². The molecular formula is C17H23NO5. The summed E-state index contributed by atoms with van der Waals surface area (Å²) in [6.45, 7) is -0.130. The lowest BCUT2D eigenvalue weighted by molar-refractivity contribution is -0.143. The molecule has 1 saturated carbocycles. The van der Waals surface area contributed by atoms with E-state index in [0.717, 1.165) is 19.3 Å². The third-order valence-electron chi connectivity index (χ3n) is 4.11. The number of hydrogen-bond acceptors (Lipinski definition) is 4. The number of carbonyl (C=O) groups is 2. The Labute approximate surface area is 135 Å². The molecule has 1 aliphatic rings. The van der Waals surface area contributed by atoms with Crippen molar-refractivity contribution in [3.05, 3.63) is 24.3 Å². The molecule has 0 saturated heterocycles. The van der Waals surface area contributed by atoms with Crippen molar-refractivity contribution in [1.29, 1.82) is 0 Å². The fourth-order valence-corrected chi connectivity index (χ4v) is 2.85. The average molecular weight is 321 g/mol. The molecule has 0 heterocycles. The summed E-state index contributed by atoms with van der Waals surface area (Å²) in [6.07, 6.45) is 4.16. The van der Waals surface area contributed by atoms with Crippen molar-refractivity contribution in [2.75, 3.05) is 13.7 Å². The summed E-state index contributed by atoms with van der Waals surface area (Å²) >= 11 is 0. The second kappa shape index (κ2) is 8.41. The molecule has 0 radical (unpaired) electrons. The molecule has 2 atom stereocenters. The fourth-order valence-electron chi connectivity index (χ4n) is 2.85. The van der Waals surface area contributed by atoms with E-state index < -0.39 is 11.9 Å². The highest BCUT2D eigenvalue weighted by atomic mass is 16.5. The van der Waals surface area contributed by atoms with Crippen LogP contribution in [0.15, 0.2) is 24.3 Å². The molecular weight excluding hydrogens is 298 g/mol. The Kier molecular flexibility index (Phi) is 6.26. The Morgan fingerprint density at radius 2 is 1.78 bits per heavy atom. The highest BCUT2D eigenvalue weighted by molar-refractivity contribution is 5.79. The van der Waals surface area contributed by atoms with Crippen LogP contribution in [0.1, 0.15) is 32.1 Å². The van der Waals surface area contributed by atoms with Crippen LogP contribution in [0.5, 0.6) is 11.5 Å². The van der Waals surface area contributed by atoms with Gasteiger partial charge in [-0.1, -0.05) is 19.3 Å². The van der Waals surface area contributed by atoms with Crippen LogP contribution >= 0.6 is 0 Å². The van der Waals surface area contributed by atoms with Crippen molar-refractivity contribution >= 4 is 11.9 Å². The topological polar surface area (TPSA) is 84.9 Å². The zero-order valence-electron chi connectivity index (χ0n) is 13.3. The number of ether oxygens (including phenoxy) is 2. The maximum Gasteiger partial charge on any atom is 0.308 e. The number of benzene rings is 1. The number of nitrogens with one attached hydrogen (secondary N) is 1. The van der Waals surface area contributed by atoms with Gasteiger partial charge in [0.05, 0.1) is 13.0 Å². The molecule has 0 aromatic heterocycles. The van der Waals surface area contributed by atoms with Crippen LogP contribution in [0.3, 0.4) is 0 Å². The number of carbonyl (C=O) groups excluding carboxylic acids is 1. The third-order valence-corrected chi connectivity index (χ3v) is 4.11. The highest BCUT2D eigenvalue weighted by Crippen LogP contribution is 2.24. The van der Waals surface area contributed by atoms with E-state index in [1.807, 2.05) is 0 Å². The minimum Gasteiger partial charge on any atom is -0.497 e. The zero-order valence-corrected chi connectivity index (χ0v) is 13.3. The standard InChI is InChI=1S/C17H23NO5/c1-22-12-7-9-13(10-8-12)23-11-16(19)18-15-6-4-2-3-5-14(15)17(20)21/h7-10,14-15H,2-6,11H2,1H3,(H,18,19)(H,20,21)/t14-,15+/m1/s1. The fraction of sp³-hybridized carbons (Fsp3) is 0.529. The largest absolute Gasteiger partial charge is 0.497 e. The van der Waals surface area contributed by atoms with E-state index in [0.29, 0.717) is 24.3 Å². The second-order valence-corrected chi connectivity index (χ2v) is 5.72. The molecule has 0 spiro atoms. The summed E-state index contributed by atoms with van der Waals surface area (Å²) in [6, 6.07) is 6.62. The predicted molar refractivity (Wildman–Crippen MR) is 84.6 cm³/mol. The molecule has 0 unspecified atom stereocenters. The van der Waals surface area contributed by atoms with Gasteiger partial charge < -0.3 is 19.9 Å². The van der Waals surface area contributed by atoms with Crippen LogP contribution in [0.4, 0.5) is 0 Å². The van der Waals surface area contributed by atoms with Gasteiger partial charge in [0.15, 0.2) is 6.61 Å². The summed E-state index contributed by atoms with van der Waals surface area (Å²) < 4.78 is 10.5. The Morgan fingerprint density at radius 3 is 2.43 bits per heavy atom. The molecule has 2 N–H and O–H groups in total. The summed E-state index contributed by atoms with van der Waals surface area (Å²) in [7, 11) is 1.58. The van der Waals surface area contributed by atoms with E-state index >= 15 is 0 Å². The van der Waals surface area contributed by atoms with Gasteiger partial charge in [-0.25, -0.2) is 0 Å². The molecule has 1 amide bonds. The van der Waals surface area contributed by atoms with Gasteiger partial charge in [0, 0.05) is 6.04 Å². The van der Waals surface area contributed by atoms with Crippen LogP contribution in [0, 0.1) is 5.92 Å². The van der Waals surface area contributed by atoms with Gasteiger partial charge in [-0.3, -0.25) is 9.59 Å². The molecule has 23 heavy (non-hydrogen) atoms. The number of carboxylic acids is 1. The Hall–Kier alpha value is -2.24. The molecule has 6 heteroatoms. The second-order valence-electron chi connectivity index (χ2n) is 5.72. The van der Waals surface area contributed by atoms with E-state index in [9.17, 15) is 14.7 Å². The quantitative estimate of drug-likeness (QED) is 0.785. The van der Waals surface area contributed by atoms with E-state index in [1.165, 1.54) is 0 Å². The Morgan fingerprint density at radius 1 is 1.13 bits per heavy atom. The molecule has 1 fully saturated rings. The Bertz CT molecular complexity index is 528. The molecule has 1 aromatic rings. The number of carboxylic acid groups (broad SMARTS) is 1. The first-order valence-electron chi connectivity index (χ1n) is 7.89. The summed E-state index contributed by atoms with van der Waals surface area (Å²) in [5.41, 5.74) is 0. The van der Waals surface area contributed by atoms with Crippen molar-refractivity contribution in [2.24, 2.45) is 5.92 Å². The SMILES string of the molecule is COc1ccc(OCC(=O)N[C@H]2CCCCC[C@H]2C(=O)O)cc1. The summed E-state index contributed by atoms with van der Waals surface area (Å²) in [4.78, 5) is 23.4. The van der Waals surface area contributed by atoms with E-state index in [1.54, 1.807) is 31.4 Å². The summed E-state index contributed by atoms with van der Waals surface area (Å²) in [5.74, 6) is -0.365. The number of aliphatic carboxylic acids is 1. The van der Waals surface area contributed by atoms with Crippen molar-refractivity contribution < 1.29 is 24.2 Å². The lowest BCUT2D eigenvalue weighted by Crippen LogP contribution is -2.44.